The van der Waals surface area contributed by atoms with Crippen molar-refractivity contribution in [1.29, 1.82) is 0 Å². The molecule has 0 aromatic heterocycles. The number of hydrogen-bond donors (Lipinski definition) is 6. The third-order valence-electron chi connectivity index (χ3n) is 1.81. The first-order valence-electron chi connectivity index (χ1n) is 6.52. The minimum absolute atomic E-state index is 0. The van der Waals surface area contributed by atoms with E-state index in [0.717, 1.165) is 0 Å². The maximum Gasteiger partial charge on any atom is 3.00 e. The van der Waals surface area contributed by atoms with E-state index in [9.17, 15) is 30.3 Å². The Kier molecular flexibility index (Phi) is 22.2. The molecule has 6 N–H and O–H groups in total. The Labute approximate surface area is 168 Å². The van der Waals surface area contributed by atoms with Gasteiger partial charge < -0.3 is 43.9 Å². The number of rotatable bonds is 12. The molecule has 0 fully saturated rings. The Bertz CT molecular complexity index is 497. The fourth-order valence-electron chi connectivity index (χ4n) is 1.07. The van der Waals surface area contributed by atoms with Gasteiger partial charge in [0.1, 0.15) is 19.8 Å². The predicted octanol–water partition coefficient (Wildman–Crippen LogP) is -3.32. The molecule has 174 valence electrons. The van der Waals surface area contributed by atoms with Crippen molar-refractivity contribution in [1.82, 2.24) is 4.90 Å². The fourth-order valence-corrected chi connectivity index (χ4v) is 1.07. The first kappa shape index (κ1) is 35.3. The van der Waals surface area contributed by atoms with Crippen molar-refractivity contribution in [3.8, 4) is 0 Å². The Morgan fingerprint density at radius 3 is 0.933 bits per heavy atom. The van der Waals surface area contributed by atoms with Crippen LogP contribution in [0.5, 0.6) is 0 Å². The molecule has 0 radical (unpaired) electrons. The van der Waals surface area contributed by atoms with E-state index in [1.807, 2.05) is 0 Å². The third-order valence-corrected chi connectivity index (χ3v) is 1.81. The van der Waals surface area contributed by atoms with Gasteiger partial charge in [-0.15, -0.1) is 30.3 Å². The van der Waals surface area contributed by atoms with Crippen molar-refractivity contribution in [3.05, 3.63) is 30.3 Å². The molecule has 0 rings (SSSR count). The minimum atomic E-state index is -4.64. The van der Waals surface area contributed by atoms with Gasteiger partial charge in [0.15, 0.2) is 0 Å². The molecule has 30 heavy (non-hydrogen) atoms. The summed E-state index contributed by atoms with van der Waals surface area (Å²) >= 11 is 0. The molecule has 0 amide bonds. The average molecular weight is 491 g/mol. The molecule has 24 heteroatoms. The van der Waals surface area contributed by atoms with Crippen LogP contribution >= 0.6 is 15.6 Å². The molecule has 0 aliphatic heterocycles. The second-order valence-electron chi connectivity index (χ2n) is 4.04. The smallest absolute Gasteiger partial charge is 0.313 e. The van der Waals surface area contributed by atoms with E-state index in [2.05, 4.69) is 14.5 Å². The van der Waals surface area contributed by atoms with Gasteiger partial charge in [-0.2, -0.15) is 0 Å². The van der Waals surface area contributed by atoms with Gasteiger partial charge in [0.05, 0.1) is 0 Å². The van der Waals surface area contributed by atoms with Crippen molar-refractivity contribution in [2.45, 2.75) is 0 Å². The number of nitrogens with zero attached hydrogens (tertiary/aromatic N) is 4. The first-order valence-corrected chi connectivity index (χ1v) is 9.65. The van der Waals surface area contributed by atoms with Crippen LogP contribution in [0, 0.1) is 30.3 Å². The Hall–Kier alpha value is -2.16. The van der Waals surface area contributed by atoms with E-state index in [4.69, 9.17) is 38.5 Å². The standard InChI is InChI=1S/C6H12N4O9.B.2H3O4P/c11-8(12)17-4-1-7(2-5-18-9(13)14)3-6-19-10(15)16;;2*1-5(2,3)4/h1-6H2;;2*(H3,1,2,3,4)/q;+3;;. The summed E-state index contributed by atoms with van der Waals surface area (Å²) in [5.41, 5.74) is 0. The molecule has 0 aromatic rings. The van der Waals surface area contributed by atoms with Crippen LogP contribution in [0.15, 0.2) is 0 Å². The molecule has 0 heterocycles. The average Bonchev–Trinajstić information content (AvgIpc) is 2.41. The normalized spacial score (nSPS) is 10.2. The van der Waals surface area contributed by atoms with Crippen LogP contribution in [0.25, 0.3) is 0 Å². The van der Waals surface area contributed by atoms with E-state index >= 15 is 0 Å². The second-order valence-corrected chi connectivity index (χ2v) is 6.09. The van der Waals surface area contributed by atoms with E-state index < -0.39 is 30.9 Å². The third kappa shape index (κ3) is 63.5. The molecule has 21 nitrogen and oxygen atoms in total. The van der Waals surface area contributed by atoms with Gasteiger partial charge in [-0.3, -0.25) is 4.90 Å². The van der Waals surface area contributed by atoms with Crippen LogP contribution in [0.4, 0.5) is 0 Å². The van der Waals surface area contributed by atoms with Crippen LogP contribution in [0.2, 0.25) is 0 Å². The van der Waals surface area contributed by atoms with E-state index in [0.29, 0.717) is 0 Å². The zero-order valence-corrected chi connectivity index (χ0v) is 16.5. The van der Waals surface area contributed by atoms with Crippen LogP contribution in [-0.2, 0) is 23.6 Å². The molecule has 0 aliphatic carbocycles. The SMILES string of the molecule is O=P(O)(O)O.O=P(O)(O)O.O=[N+]([O-])OCCN(CCO[N+](=O)[O-])CCO[N+](=O)[O-].[B+3]. The minimum Gasteiger partial charge on any atom is -0.313 e. The van der Waals surface area contributed by atoms with Crippen LogP contribution in [0.1, 0.15) is 0 Å². The van der Waals surface area contributed by atoms with Gasteiger partial charge in [0.2, 0.25) is 0 Å². The van der Waals surface area contributed by atoms with Crippen molar-refractivity contribution < 1.29 is 68.3 Å². The van der Waals surface area contributed by atoms with Gasteiger partial charge in [-0.25, -0.2) is 9.13 Å². The topological polar surface area (TPSA) is 316 Å². The summed E-state index contributed by atoms with van der Waals surface area (Å²) in [5, 5.41) is 26.8. The quantitative estimate of drug-likeness (QED) is 0.0673. The molecular weight excluding hydrogens is 473 g/mol. The largest absolute Gasteiger partial charge is 3.00 e. The molecule has 0 saturated heterocycles. The van der Waals surface area contributed by atoms with Gasteiger partial charge in [-0.1, -0.05) is 0 Å². The summed E-state index contributed by atoms with van der Waals surface area (Å²) in [6.07, 6.45) is 0. The molecule has 0 aliphatic rings. The Morgan fingerprint density at radius 2 is 0.800 bits per heavy atom. The molecule has 0 atom stereocenters. The van der Waals surface area contributed by atoms with Crippen LogP contribution < -0.4 is 0 Å². The zero-order chi connectivity index (χ0) is 23.7. The van der Waals surface area contributed by atoms with Crippen molar-refractivity contribution >= 4 is 24.1 Å². The molecule has 0 unspecified atom stereocenters. The van der Waals surface area contributed by atoms with Crippen molar-refractivity contribution in [3.63, 3.8) is 0 Å². The van der Waals surface area contributed by atoms with Gasteiger partial charge in [0, 0.05) is 19.6 Å². The molecule has 0 saturated carbocycles. The zero-order valence-electron chi connectivity index (χ0n) is 14.7. The van der Waals surface area contributed by atoms with E-state index in [-0.39, 0.29) is 47.9 Å². The van der Waals surface area contributed by atoms with Crippen LogP contribution in [0.3, 0.4) is 0 Å². The first-order chi connectivity index (χ1) is 12.9. The summed E-state index contributed by atoms with van der Waals surface area (Å²) in [6.45, 7) is -0.687. The van der Waals surface area contributed by atoms with Crippen molar-refractivity contribution in [2.24, 2.45) is 0 Å². The second kappa shape index (κ2) is 18.8. The molecule has 0 spiro atoms. The predicted molar refractivity (Wildman–Crippen MR) is 89.6 cm³/mol. The molecular formula is C6H18BN4O17P2+3. The van der Waals surface area contributed by atoms with Crippen molar-refractivity contribution in [2.75, 3.05) is 39.5 Å². The summed E-state index contributed by atoms with van der Waals surface area (Å²) in [4.78, 5) is 86.5. The number of hydrogen-bond acceptors (Lipinski definition) is 12. The number of phosphoric acid groups is 2. The summed E-state index contributed by atoms with van der Waals surface area (Å²) in [5.74, 6) is 0. The van der Waals surface area contributed by atoms with Crippen LogP contribution in [-0.4, -0.2) is 97.4 Å². The Morgan fingerprint density at radius 1 is 0.633 bits per heavy atom. The van der Waals surface area contributed by atoms with Gasteiger partial charge >= 0.3 is 24.1 Å². The maximum atomic E-state index is 9.92. The summed E-state index contributed by atoms with van der Waals surface area (Å²) in [7, 11) is -9.28. The molecule has 0 aromatic carbocycles. The Balaban J connectivity index is -0.000000254. The summed E-state index contributed by atoms with van der Waals surface area (Å²) < 4.78 is 17.8. The van der Waals surface area contributed by atoms with Gasteiger partial charge in [0.25, 0.3) is 15.3 Å². The maximum absolute atomic E-state index is 9.92. The summed E-state index contributed by atoms with van der Waals surface area (Å²) in [6, 6.07) is 0. The van der Waals surface area contributed by atoms with Gasteiger partial charge in [-0.05, 0) is 0 Å². The monoisotopic (exact) mass is 491 g/mol. The fraction of sp³-hybridized carbons (Fsp3) is 1.00. The van der Waals surface area contributed by atoms with E-state index in [1.165, 1.54) is 4.90 Å². The van der Waals surface area contributed by atoms with E-state index in [1.54, 1.807) is 0 Å². The molecule has 0 bridgehead atoms.